The predicted molar refractivity (Wildman–Crippen MR) is 166 cm³/mol. The number of allylic oxidation sites excluding steroid dienone is 1. The number of hydrogen-bond donors (Lipinski definition) is 1. The van der Waals surface area contributed by atoms with Crippen LogP contribution in [0.4, 0.5) is 0 Å². The molecule has 1 aliphatic heterocycles. The van der Waals surface area contributed by atoms with Gasteiger partial charge in [-0.2, -0.15) is 0 Å². The second kappa shape index (κ2) is 10.5. The van der Waals surface area contributed by atoms with E-state index < -0.39 is 0 Å². The molecular formula is C37H27N3. The molecule has 3 nitrogen and oxygen atoms in total. The highest BCUT2D eigenvalue weighted by molar-refractivity contribution is 6.13. The molecule has 6 aromatic rings. The van der Waals surface area contributed by atoms with Gasteiger partial charge in [-0.3, -0.25) is 9.98 Å². The van der Waals surface area contributed by atoms with Crippen LogP contribution in [-0.4, -0.2) is 10.7 Å². The zero-order chi connectivity index (χ0) is 26.7. The molecule has 0 bridgehead atoms. The SMILES string of the molecule is C1=C(c2cccc(-c3cccnc3)c2)NC(c2ccccc2)N=C1c1cccc(-c2ccc3ccccc3c2)c1. The predicted octanol–water partition coefficient (Wildman–Crippen LogP) is 8.70. The van der Waals surface area contributed by atoms with Crippen molar-refractivity contribution in [1.82, 2.24) is 10.3 Å². The molecule has 0 spiro atoms. The molecule has 0 saturated carbocycles. The van der Waals surface area contributed by atoms with Crippen molar-refractivity contribution in [2.24, 2.45) is 4.99 Å². The molecule has 3 heteroatoms. The zero-order valence-electron chi connectivity index (χ0n) is 21.9. The molecule has 0 fully saturated rings. The van der Waals surface area contributed by atoms with E-state index in [9.17, 15) is 0 Å². The molecule has 2 heterocycles. The molecule has 0 radical (unpaired) electrons. The first-order chi connectivity index (χ1) is 19.8. The quantitative estimate of drug-likeness (QED) is 0.250. The van der Waals surface area contributed by atoms with Gasteiger partial charge in [0.05, 0.1) is 5.71 Å². The van der Waals surface area contributed by atoms with Gasteiger partial charge >= 0.3 is 0 Å². The average molecular weight is 514 g/mol. The standard InChI is InChI=1S/C37H27N3/c1-2-10-27(11-3-1)37-39-35(24-36(40-37)33-16-7-14-30(23-33)34-17-8-20-38-25-34)32-15-6-13-29(22-32)31-19-18-26-9-4-5-12-28(26)21-31/h1-25,37,40H. The van der Waals surface area contributed by atoms with Crippen LogP contribution in [-0.2, 0) is 0 Å². The maximum atomic E-state index is 5.18. The van der Waals surface area contributed by atoms with Gasteiger partial charge in [-0.1, -0.05) is 109 Å². The molecule has 5 aromatic carbocycles. The summed E-state index contributed by atoms with van der Waals surface area (Å²) in [7, 11) is 0. The molecule has 1 atom stereocenters. The molecule has 0 saturated heterocycles. The summed E-state index contributed by atoms with van der Waals surface area (Å²) in [6, 6.07) is 46.9. The van der Waals surface area contributed by atoms with E-state index in [1.54, 1.807) is 6.20 Å². The third-order valence-electron chi connectivity index (χ3n) is 7.37. The maximum absolute atomic E-state index is 5.18. The van der Waals surface area contributed by atoms with Crippen molar-refractivity contribution in [3.05, 3.63) is 169 Å². The lowest BCUT2D eigenvalue weighted by Gasteiger charge is -2.25. The molecule has 1 aromatic heterocycles. The minimum atomic E-state index is -0.192. The van der Waals surface area contributed by atoms with Crippen LogP contribution < -0.4 is 5.32 Å². The number of nitrogens with one attached hydrogen (secondary N) is 1. The van der Waals surface area contributed by atoms with Crippen LogP contribution >= 0.6 is 0 Å². The number of nitrogens with zero attached hydrogens (tertiary/aromatic N) is 2. The molecular weight excluding hydrogens is 486 g/mol. The molecule has 0 aliphatic carbocycles. The summed E-state index contributed by atoms with van der Waals surface area (Å²) < 4.78 is 0. The fourth-order valence-electron chi connectivity index (χ4n) is 5.28. The van der Waals surface area contributed by atoms with Crippen molar-refractivity contribution in [3.8, 4) is 22.3 Å². The third-order valence-corrected chi connectivity index (χ3v) is 7.37. The Labute approximate surface area is 234 Å². The monoisotopic (exact) mass is 513 g/mol. The van der Waals surface area contributed by atoms with Crippen LogP contribution in [0.3, 0.4) is 0 Å². The number of rotatable bonds is 5. The summed E-state index contributed by atoms with van der Waals surface area (Å²) in [6.07, 6.45) is 5.68. The lowest BCUT2D eigenvalue weighted by atomic mass is 9.96. The van der Waals surface area contributed by atoms with Gasteiger partial charge in [-0.25, -0.2) is 0 Å². The van der Waals surface area contributed by atoms with E-state index in [1.807, 2.05) is 18.3 Å². The van der Waals surface area contributed by atoms with E-state index in [0.29, 0.717) is 0 Å². The van der Waals surface area contributed by atoms with Gasteiger partial charge in [0.25, 0.3) is 0 Å². The summed E-state index contributed by atoms with van der Waals surface area (Å²) in [4.78, 5) is 9.49. The van der Waals surface area contributed by atoms with Crippen LogP contribution in [0.25, 0.3) is 38.7 Å². The zero-order valence-corrected chi connectivity index (χ0v) is 21.9. The summed E-state index contributed by atoms with van der Waals surface area (Å²) >= 11 is 0. The van der Waals surface area contributed by atoms with Crippen LogP contribution in [0.2, 0.25) is 0 Å². The topological polar surface area (TPSA) is 37.3 Å². The van der Waals surface area contributed by atoms with Gasteiger partial charge < -0.3 is 5.32 Å². The van der Waals surface area contributed by atoms with Crippen molar-refractivity contribution < 1.29 is 0 Å². The van der Waals surface area contributed by atoms with Gasteiger partial charge in [-0.05, 0) is 68.9 Å². The highest BCUT2D eigenvalue weighted by Crippen LogP contribution is 2.30. The lowest BCUT2D eigenvalue weighted by molar-refractivity contribution is 0.664. The Morgan fingerprint density at radius 2 is 1.18 bits per heavy atom. The summed E-state index contributed by atoms with van der Waals surface area (Å²) in [5.74, 6) is 0. The van der Waals surface area contributed by atoms with E-state index in [2.05, 4.69) is 138 Å². The normalized spacial score (nSPS) is 14.8. The van der Waals surface area contributed by atoms with E-state index in [4.69, 9.17) is 4.99 Å². The molecule has 1 unspecified atom stereocenters. The fourth-order valence-corrected chi connectivity index (χ4v) is 5.28. The highest BCUT2D eigenvalue weighted by atomic mass is 15.1. The Balaban J connectivity index is 1.31. The highest BCUT2D eigenvalue weighted by Gasteiger charge is 2.20. The Hall–Kier alpha value is -5.28. The Kier molecular flexibility index (Phi) is 6.23. The summed E-state index contributed by atoms with van der Waals surface area (Å²) in [5, 5.41) is 6.18. The molecule has 190 valence electrons. The second-order valence-electron chi connectivity index (χ2n) is 10.00. The Bertz CT molecular complexity index is 1870. The van der Waals surface area contributed by atoms with E-state index >= 15 is 0 Å². The molecule has 1 N–H and O–H groups in total. The van der Waals surface area contributed by atoms with Crippen molar-refractivity contribution in [1.29, 1.82) is 0 Å². The van der Waals surface area contributed by atoms with Gasteiger partial charge in [0.15, 0.2) is 0 Å². The first kappa shape index (κ1) is 23.8. The Morgan fingerprint density at radius 1 is 0.500 bits per heavy atom. The average Bonchev–Trinajstić information content (AvgIpc) is 3.05. The van der Waals surface area contributed by atoms with Crippen molar-refractivity contribution in [2.75, 3.05) is 0 Å². The van der Waals surface area contributed by atoms with Crippen molar-refractivity contribution in [2.45, 2.75) is 6.17 Å². The van der Waals surface area contributed by atoms with Gasteiger partial charge in [-0.15, -0.1) is 0 Å². The number of hydrogen-bond acceptors (Lipinski definition) is 3. The molecule has 40 heavy (non-hydrogen) atoms. The van der Waals surface area contributed by atoms with Gasteiger partial charge in [0.1, 0.15) is 6.17 Å². The largest absolute Gasteiger partial charge is 0.360 e. The summed E-state index contributed by atoms with van der Waals surface area (Å²) in [6.45, 7) is 0. The number of pyridine rings is 1. The van der Waals surface area contributed by atoms with E-state index in [1.165, 1.54) is 21.9 Å². The first-order valence-corrected chi connectivity index (χ1v) is 13.5. The van der Waals surface area contributed by atoms with Crippen molar-refractivity contribution >= 4 is 22.2 Å². The van der Waals surface area contributed by atoms with E-state index in [0.717, 1.165) is 39.2 Å². The molecule has 7 rings (SSSR count). The number of benzene rings is 5. The minimum absolute atomic E-state index is 0.192. The molecule has 1 aliphatic rings. The van der Waals surface area contributed by atoms with E-state index in [-0.39, 0.29) is 6.17 Å². The van der Waals surface area contributed by atoms with Gasteiger partial charge in [0, 0.05) is 29.2 Å². The van der Waals surface area contributed by atoms with Crippen LogP contribution in [0.1, 0.15) is 22.9 Å². The van der Waals surface area contributed by atoms with Crippen LogP contribution in [0, 0.1) is 0 Å². The molecule has 0 amide bonds. The van der Waals surface area contributed by atoms with Crippen LogP contribution in [0.5, 0.6) is 0 Å². The van der Waals surface area contributed by atoms with Crippen molar-refractivity contribution in [3.63, 3.8) is 0 Å². The van der Waals surface area contributed by atoms with Crippen LogP contribution in [0.15, 0.2) is 157 Å². The first-order valence-electron chi connectivity index (χ1n) is 13.5. The number of aliphatic imine (C=N–C) groups is 1. The summed E-state index contributed by atoms with van der Waals surface area (Å²) in [5.41, 5.74) is 9.92. The Morgan fingerprint density at radius 3 is 2.00 bits per heavy atom. The third kappa shape index (κ3) is 4.81. The minimum Gasteiger partial charge on any atom is -0.360 e. The maximum Gasteiger partial charge on any atom is 0.145 e. The number of fused-ring (bicyclic) bond motifs is 1. The lowest BCUT2D eigenvalue weighted by Crippen LogP contribution is -2.24. The smallest absolute Gasteiger partial charge is 0.145 e. The number of aromatic nitrogens is 1. The van der Waals surface area contributed by atoms with Gasteiger partial charge in [0.2, 0.25) is 0 Å². The fraction of sp³-hybridized carbons (Fsp3) is 0.0270. The second-order valence-corrected chi connectivity index (χ2v) is 10.00.